The Morgan fingerprint density at radius 1 is 1.33 bits per heavy atom. The predicted molar refractivity (Wildman–Crippen MR) is 102 cm³/mol. The van der Waals surface area contributed by atoms with Crippen LogP contribution in [0.1, 0.15) is 24.3 Å². The second-order valence-corrected chi connectivity index (χ2v) is 8.23. The second kappa shape index (κ2) is 7.78. The molecule has 1 aromatic carbocycles. The van der Waals surface area contributed by atoms with Gasteiger partial charge in [-0.15, -0.1) is 0 Å². The summed E-state index contributed by atoms with van der Waals surface area (Å²) in [5.41, 5.74) is 0.755. The van der Waals surface area contributed by atoms with Gasteiger partial charge >= 0.3 is 0 Å². The Morgan fingerprint density at radius 3 is 2.85 bits per heavy atom. The van der Waals surface area contributed by atoms with Gasteiger partial charge in [0.2, 0.25) is 5.91 Å². The van der Waals surface area contributed by atoms with Gasteiger partial charge in [0.05, 0.1) is 25.2 Å². The van der Waals surface area contributed by atoms with E-state index in [1.54, 1.807) is 7.11 Å². The molecule has 3 aliphatic heterocycles. The van der Waals surface area contributed by atoms with Crippen molar-refractivity contribution in [3.05, 3.63) is 29.8 Å². The average molecular weight is 374 g/mol. The number of para-hydroxylation sites is 1. The zero-order valence-electron chi connectivity index (χ0n) is 16.1. The van der Waals surface area contributed by atoms with Crippen LogP contribution in [0.15, 0.2) is 24.3 Å². The average Bonchev–Trinajstić information content (AvgIpc) is 3.13. The Bertz CT molecular complexity index is 674. The van der Waals surface area contributed by atoms with Crippen LogP contribution < -0.4 is 4.74 Å². The molecule has 0 aliphatic carbocycles. The number of fused-ring (bicyclic) bond motifs is 3. The summed E-state index contributed by atoms with van der Waals surface area (Å²) in [6.07, 6.45) is 1.81. The van der Waals surface area contributed by atoms with E-state index in [1.807, 2.05) is 23.1 Å². The third kappa shape index (κ3) is 3.46. The van der Waals surface area contributed by atoms with Crippen LogP contribution in [-0.2, 0) is 9.53 Å². The van der Waals surface area contributed by atoms with Crippen molar-refractivity contribution in [2.45, 2.75) is 18.8 Å². The van der Waals surface area contributed by atoms with E-state index in [4.69, 9.17) is 9.47 Å². The molecule has 1 unspecified atom stereocenters. The monoisotopic (exact) mass is 374 g/mol. The molecule has 0 aromatic heterocycles. The number of likely N-dealkylation sites (tertiary alicyclic amines) is 2. The Labute approximate surface area is 161 Å². The lowest BCUT2D eigenvalue weighted by Gasteiger charge is -2.37. The van der Waals surface area contributed by atoms with Gasteiger partial charge in [0.15, 0.2) is 0 Å². The first-order chi connectivity index (χ1) is 13.2. The minimum absolute atomic E-state index is 0.0469. The van der Waals surface area contributed by atoms with Gasteiger partial charge in [0.1, 0.15) is 5.75 Å². The number of aliphatic hydroxyl groups excluding tert-OH is 1. The summed E-state index contributed by atoms with van der Waals surface area (Å²) in [5.74, 6) is 1.39. The number of hydrogen-bond donors (Lipinski definition) is 1. The first-order valence-corrected chi connectivity index (χ1v) is 9.99. The Kier molecular flexibility index (Phi) is 5.39. The number of hydrogen-bond acceptors (Lipinski definition) is 5. The summed E-state index contributed by atoms with van der Waals surface area (Å²) in [4.78, 5) is 17.6. The van der Waals surface area contributed by atoms with E-state index >= 15 is 0 Å². The van der Waals surface area contributed by atoms with E-state index in [9.17, 15) is 9.90 Å². The van der Waals surface area contributed by atoms with Crippen LogP contribution in [0.2, 0.25) is 0 Å². The molecule has 0 saturated carbocycles. The van der Waals surface area contributed by atoms with Crippen LogP contribution in [0.4, 0.5) is 0 Å². The SMILES string of the molecule is COCCN1CCC(C(=O)N2CC3c4ccccc4OC[C@]3(CO)C2)CC1. The molecule has 0 bridgehead atoms. The highest BCUT2D eigenvalue weighted by atomic mass is 16.5. The van der Waals surface area contributed by atoms with E-state index in [0.717, 1.165) is 50.4 Å². The molecule has 2 atom stereocenters. The predicted octanol–water partition coefficient (Wildman–Crippen LogP) is 1.34. The highest BCUT2D eigenvalue weighted by Gasteiger charge is 2.52. The highest BCUT2D eigenvalue weighted by molar-refractivity contribution is 5.79. The molecule has 2 saturated heterocycles. The zero-order valence-corrected chi connectivity index (χ0v) is 16.1. The summed E-state index contributed by atoms with van der Waals surface area (Å²) in [7, 11) is 1.72. The molecule has 0 radical (unpaired) electrons. The fourth-order valence-corrected chi connectivity index (χ4v) is 4.92. The molecule has 2 fully saturated rings. The number of ether oxygens (including phenoxy) is 2. The summed E-state index contributed by atoms with van der Waals surface area (Å²) in [6.45, 7) is 5.38. The van der Waals surface area contributed by atoms with E-state index in [1.165, 1.54) is 0 Å². The second-order valence-electron chi connectivity index (χ2n) is 8.23. The smallest absolute Gasteiger partial charge is 0.225 e. The van der Waals surface area contributed by atoms with Gasteiger partial charge in [-0.05, 0) is 37.6 Å². The van der Waals surface area contributed by atoms with Crippen molar-refractivity contribution in [2.24, 2.45) is 11.3 Å². The lowest BCUT2D eigenvalue weighted by molar-refractivity contribution is -0.136. The molecular formula is C21H30N2O4. The Balaban J connectivity index is 1.43. The number of aliphatic hydroxyl groups is 1. The van der Waals surface area contributed by atoms with Crippen LogP contribution in [-0.4, -0.2) is 80.5 Å². The lowest BCUT2D eigenvalue weighted by atomic mass is 9.74. The molecular weight excluding hydrogens is 344 g/mol. The highest BCUT2D eigenvalue weighted by Crippen LogP contribution is 2.49. The van der Waals surface area contributed by atoms with Crippen molar-refractivity contribution in [3.8, 4) is 5.75 Å². The third-order valence-corrected chi connectivity index (χ3v) is 6.63. The first-order valence-electron chi connectivity index (χ1n) is 9.99. The van der Waals surface area contributed by atoms with Crippen molar-refractivity contribution in [3.63, 3.8) is 0 Å². The standard InChI is InChI=1S/C21H30N2O4/c1-26-11-10-22-8-6-16(7-9-22)20(25)23-12-18-17-4-2-3-5-19(17)27-15-21(18,13-23)14-24/h2-5,16,18,24H,6-15H2,1H3/t18?,21-/m1/s1. The van der Waals surface area contributed by atoms with Crippen molar-refractivity contribution in [1.82, 2.24) is 9.80 Å². The van der Waals surface area contributed by atoms with Crippen LogP contribution in [0.25, 0.3) is 0 Å². The van der Waals surface area contributed by atoms with Gasteiger partial charge in [-0.25, -0.2) is 0 Å². The van der Waals surface area contributed by atoms with E-state index in [-0.39, 0.29) is 29.8 Å². The minimum atomic E-state index is -0.372. The molecule has 6 heteroatoms. The Hall–Kier alpha value is -1.63. The molecule has 1 amide bonds. The van der Waals surface area contributed by atoms with Gasteiger partial charge in [0.25, 0.3) is 0 Å². The first kappa shape index (κ1) is 18.7. The maximum atomic E-state index is 13.2. The van der Waals surface area contributed by atoms with Crippen LogP contribution in [0, 0.1) is 11.3 Å². The number of piperidine rings is 1. The lowest BCUT2D eigenvalue weighted by Crippen LogP contribution is -2.45. The maximum absolute atomic E-state index is 13.2. The fourth-order valence-electron chi connectivity index (χ4n) is 4.92. The molecule has 4 rings (SSSR count). The number of benzene rings is 1. The number of methoxy groups -OCH3 is 1. The fraction of sp³-hybridized carbons (Fsp3) is 0.667. The van der Waals surface area contributed by atoms with Crippen LogP contribution in [0.5, 0.6) is 5.75 Å². The van der Waals surface area contributed by atoms with Crippen LogP contribution in [0.3, 0.4) is 0 Å². The summed E-state index contributed by atoms with van der Waals surface area (Å²) < 4.78 is 11.1. The quantitative estimate of drug-likeness (QED) is 0.843. The Morgan fingerprint density at radius 2 is 2.11 bits per heavy atom. The zero-order chi connectivity index (χ0) is 18.9. The molecule has 3 heterocycles. The van der Waals surface area contributed by atoms with Gasteiger partial charge in [-0.1, -0.05) is 18.2 Å². The van der Waals surface area contributed by atoms with Crippen LogP contribution >= 0.6 is 0 Å². The number of amides is 1. The molecule has 0 spiro atoms. The van der Waals surface area contributed by atoms with Gasteiger partial charge in [-0.2, -0.15) is 0 Å². The summed E-state index contributed by atoms with van der Waals surface area (Å²) >= 11 is 0. The molecule has 148 valence electrons. The van der Waals surface area contributed by atoms with Gasteiger partial charge < -0.3 is 24.4 Å². The molecule has 3 aliphatic rings. The van der Waals surface area contributed by atoms with Crippen molar-refractivity contribution in [2.75, 3.05) is 59.7 Å². The number of rotatable bonds is 5. The minimum Gasteiger partial charge on any atom is -0.493 e. The summed E-state index contributed by atoms with van der Waals surface area (Å²) in [6, 6.07) is 8.04. The van der Waals surface area contributed by atoms with Gasteiger partial charge in [0, 0.05) is 38.6 Å². The third-order valence-electron chi connectivity index (χ3n) is 6.63. The van der Waals surface area contributed by atoms with Crippen molar-refractivity contribution in [1.29, 1.82) is 0 Å². The van der Waals surface area contributed by atoms with Gasteiger partial charge in [-0.3, -0.25) is 4.79 Å². The largest absolute Gasteiger partial charge is 0.493 e. The number of nitrogens with zero attached hydrogens (tertiary/aromatic N) is 2. The topological polar surface area (TPSA) is 62.2 Å². The number of carbonyl (C=O) groups excluding carboxylic acids is 1. The van der Waals surface area contributed by atoms with E-state index < -0.39 is 0 Å². The molecule has 1 N–H and O–H groups in total. The molecule has 1 aromatic rings. The van der Waals surface area contributed by atoms with E-state index in [0.29, 0.717) is 19.7 Å². The maximum Gasteiger partial charge on any atom is 0.225 e. The van der Waals surface area contributed by atoms with Crippen molar-refractivity contribution >= 4 is 5.91 Å². The number of carbonyl (C=O) groups is 1. The normalized spacial score (nSPS) is 28.5. The molecule has 27 heavy (non-hydrogen) atoms. The van der Waals surface area contributed by atoms with Crippen molar-refractivity contribution < 1.29 is 19.4 Å². The molecule has 6 nitrogen and oxygen atoms in total. The summed E-state index contributed by atoms with van der Waals surface area (Å²) in [5, 5.41) is 10.2. The van der Waals surface area contributed by atoms with E-state index in [2.05, 4.69) is 11.0 Å².